The molecule has 0 aliphatic carbocycles. The monoisotopic (exact) mass is 230 g/mol. The van der Waals surface area contributed by atoms with Gasteiger partial charge in [-0.25, -0.2) is 13.6 Å². The van der Waals surface area contributed by atoms with Gasteiger partial charge in [-0.15, -0.1) is 0 Å². The summed E-state index contributed by atoms with van der Waals surface area (Å²) in [5.41, 5.74) is 4.95. The summed E-state index contributed by atoms with van der Waals surface area (Å²) in [6.07, 6.45) is -0.862. The first-order valence-electron chi connectivity index (χ1n) is 4.67. The van der Waals surface area contributed by atoms with Crippen LogP contribution in [-0.4, -0.2) is 19.2 Å². The number of hydrogen-bond acceptors (Lipinski definition) is 3. The Labute approximate surface area is 91.4 Å². The van der Waals surface area contributed by atoms with Gasteiger partial charge in [0.2, 0.25) is 0 Å². The largest absolute Gasteiger partial charge is 0.448 e. The van der Waals surface area contributed by atoms with Crippen LogP contribution in [0.3, 0.4) is 0 Å². The highest BCUT2D eigenvalue weighted by Gasteiger charge is 2.06. The van der Waals surface area contributed by atoms with Gasteiger partial charge in [-0.1, -0.05) is 12.1 Å². The summed E-state index contributed by atoms with van der Waals surface area (Å²) >= 11 is 0. The molecule has 6 heteroatoms. The molecule has 0 spiro atoms. The highest BCUT2D eigenvalue weighted by molar-refractivity contribution is 5.64. The summed E-state index contributed by atoms with van der Waals surface area (Å²) in [5, 5.41) is 2.79. The van der Waals surface area contributed by atoms with Gasteiger partial charge in [0.15, 0.2) is 11.6 Å². The zero-order valence-corrected chi connectivity index (χ0v) is 8.50. The molecule has 1 amide bonds. The average Bonchev–Trinajstić information content (AvgIpc) is 2.23. The maximum Gasteiger partial charge on any atom is 0.404 e. The third-order valence-electron chi connectivity index (χ3n) is 1.87. The number of nitrogens with one attached hydrogen (secondary N) is 1. The summed E-state index contributed by atoms with van der Waals surface area (Å²) in [5.74, 6) is -1.75. The van der Waals surface area contributed by atoms with Crippen LogP contribution in [0, 0.1) is 11.6 Å². The zero-order chi connectivity index (χ0) is 12.0. The molecule has 0 fully saturated rings. The quantitative estimate of drug-likeness (QED) is 0.746. The zero-order valence-electron chi connectivity index (χ0n) is 8.50. The maximum atomic E-state index is 13.1. The summed E-state index contributed by atoms with van der Waals surface area (Å²) in [7, 11) is 0. The van der Waals surface area contributed by atoms with Crippen molar-refractivity contribution in [2.24, 2.45) is 5.73 Å². The predicted molar refractivity (Wildman–Crippen MR) is 53.6 cm³/mol. The van der Waals surface area contributed by atoms with Crippen molar-refractivity contribution in [1.29, 1.82) is 0 Å². The van der Waals surface area contributed by atoms with Gasteiger partial charge in [0.25, 0.3) is 0 Å². The van der Waals surface area contributed by atoms with Crippen molar-refractivity contribution in [2.75, 3.05) is 13.2 Å². The van der Waals surface area contributed by atoms with Crippen LogP contribution < -0.4 is 11.1 Å². The summed E-state index contributed by atoms with van der Waals surface area (Å²) in [6.45, 7) is 0.566. The molecule has 0 aliphatic rings. The van der Waals surface area contributed by atoms with Gasteiger partial charge in [0.1, 0.15) is 6.61 Å². The molecule has 16 heavy (non-hydrogen) atoms. The van der Waals surface area contributed by atoms with Crippen LogP contribution in [-0.2, 0) is 11.3 Å². The molecule has 0 unspecified atom stereocenters. The Morgan fingerprint density at radius 1 is 1.44 bits per heavy atom. The van der Waals surface area contributed by atoms with Gasteiger partial charge in [0.05, 0.1) is 0 Å². The minimum atomic E-state index is -0.882. The molecule has 1 aromatic rings. The van der Waals surface area contributed by atoms with E-state index in [0.717, 1.165) is 6.07 Å². The van der Waals surface area contributed by atoms with Gasteiger partial charge >= 0.3 is 6.09 Å². The van der Waals surface area contributed by atoms with E-state index in [4.69, 9.17) is 5.73 Å². The van der Waals surface area contributed by atoms with E-state index in [1.54, 1.807) is 0 Å². The lowest BCUT2D eigenvalue weighted by molar-refractivity contribution is 0.157. The Morgan fingerprint density at radius 2 is 2.19 bits per heavy atom. The third kappa shape index (κ3) is 3.82. The molecule has 88 valence electrons. The van der Waals surface area contributed by atoms with E-state index in [0.29, 0.717) is 6.54 Å². The van der Waals surface area contributed by atoms with E-state index in [1.807, 2.05) is 0 Å². The second-order valence-corrected chi connectivity index (χ2v) is 3.06. The van der Waals surface area contributed by atoms with Crippen LogP contribution in [0.15, 0.2) is 18.2 Å². The standard InChI is InChI=1S/C10H12F2N2O2/c11-8-3-1-2-7(9(8)12)6-14-4-5-16-10(13)15/h1-3,14H,4-6H2,(H2,13,15). The van der Waals surface area contributed by atoms with E-state index in [2.05, 4.69) is 10.1 Å². The van der Waals surface area contributed by atoms with Crippen LogP contribution in [0.2, 0.25) is 0 Å². The fourth-order valence-corrected chi connectivity index (χ4v) is 1.13. The molecule has 1 aromatic carbocycles. The van der Waals surface area contributed by atoms with Gasteiger partial charge in [0, 0.05) is 18.7 Å². The summed E-state index contributed by atoms with van der Waals surface area (Å²) < 4.78 is 30.3. The van der Waals surface area contributed by atoms with E-state index >= 15 is 0 Å². The highest BCUT2D eigenvalue weighted by Crippen LogP contribution is 2.10. The number of carbonyl (C=O) groups excluding carboxylic acids is 1. The number of amides is 1. The third-order valence-corrected chi connectivity index (χ3v) is 1.87. The number of carbonyl (C=O) groups is 1. The fourth-order valence-electron chi connectivity index (χ4n) is 1.13. The summed E-state index contributed by atoms with van der Waals surface area (Å²) in [6, 6.07) is 3.95. The molecular weight excluding hydrogens is 218 g/mol. The lowest BCUT2D eigenvalue weighted by Crippen LogP contribution is -2.23. The molecule has 0 aromatic heterocycles. The van der Waals surface area contributed by atoms with Gasteiger partial charge in [-0.05, 0) is 6.07 Å². The molecule has 4 nitrogen and oxygen atoms in total. The first-order valence-corrected chi connectivity index (χ1v) is 4.67. The molecule has 0 atom stereocenters. The van der Waals surface area contributed by atoms with Crippen molar-refractivity contribution >= 4 is 6.09 Å². The molecule has 3 N–H and O–H groups in total. The lowest BCUT2D eigenvalue weighted by atomic mass is 10.2. The Bertz CT molecular complexity index is 372. The van der Waals surface area contributed by atoms with Crippen molar-refractivity contribution in [1.82, 2.24) is 5.32 Å². The van der Waals surface area contributed by atoms with Gasteiger partial charge < -0.3 is 15.8 Å². The fraction of sp³-hybridized carbons (Fsp3) is 0.300. The topological polar surface area (TPSA) is 64.4 Å². The van der Waals surface area contributed by atoms with Crippen molar-refractivity contribution in [3.8, 4) is 0 Å². The maximum absolute atomic E-state index is 13.1. The smallest absolute Gasteiger partial charge is 0.404 e. The molecule has 1 rings (SSSR count). The number of rotatable bonds is 5. The molecule has 0 heterocycles. The van der Waals surface area contributed by atoms with Crippen molar-refractivity contribution in [2.45, 2.75) is 6.54 Å². The number of hydrogen-bond donors (Lipinski definition) is 2. The predicted octanol–water partition coefficient (Wildman–Crippen LogP) is 1.15. The molecule has 0 saturated heterocycles. The second kappa shape index (κ2) is 6.02. The van der Waals surface area contributed by atoms with Crippen molar-refractivity contribution in [3.05, 3.63) is 35.4 Å². The molecule has 0 aliphatic heterocycles. The normalized spacial score (nSPS) is 10.1. The summed E-state index contributed by atoms with van der Waals surface area (Å²) in [4.78, 5) is 10.2. The van der Waals surface area contributed by atoms with Gasteiger partial charge in [-0.2, -0.15) is 0 Å². The van der Waals surface area contributed by atoms with Crippen LogP contribution in [0.5, 0.6) is 0 Å². The molecule has 0 radical (unpaired) electrons. The van der Waals surface area contributed by atoms with E-state index in [9.17, 15) is 13.6 Å². The minimum absolute atomic E-state index is 0.0896. The van der Waals surface area contributed by atoms with Crippen molar-refractivity contribution in [3.63, 3.8) is 0 Å². The SMILES string of the molecule is NC(=O)OCCNCc1cccc(F)c1F. The number of ether oxygens (including phenoxy) is 1. The average molecular weight is 230 g/mol. The number of primary amides is 1. The van der Waals surface area contributed by atoms with Crippen LogP contribution >= 0.6 is 0 Å². The van der Waals surface area contributed by atoms with E-state index in [1.165, 1.54) is 12.1 Å². The molecule has 0 bridgehead atoms. The van der Waals surface area contributed by atoms with E-state index in [-0.39, 0.29) is 18.7 Å². The van der Waals surface area contributed by atoms with Crippen LogP contribution in [0.4, 0.5) is 13.6 Å². The van der Waals surface area contributed by atoms with Crippen LogP contribution in [0.25, 0.3) is 0 Å². The highest BCUT2D eigenvalue weighted by atomic mass is 19.2. The van der Waals surface area contributed by atoms with Crippen LogP contribution in [0.1, 0.15) is 5.56 Å². The number of halogens is 2. The minimum Gasteiger partial charge on any atom is -0.448 e. The number of benzene rings is 1. The second-order valence-electron chi connectivity index (χ2n) is 3.06. The van der Waals surface area contributed by atoms with E-state index < -0.39 is 17.7 Å². The van der Waals surface area contributed by atoms with Gasteiger partial charge in [-0.3, -0.25) is 0 Å². The Morgan fingerprint density at radius 3 is 2.88 bits per heavy atom. The Hall–Kier alpha value is -1.69. The van der Waals surface area contributed by atoms with Crippen molar-refractivity contribution < 1.29 is 18.3 Å². The molecular formula is C10H12F2N2O2. The Balaban J connectivity index is 2.32. The number of nitrogens with two attached hydrogens (primary N) is 1. The first kappa shape index (κ1) is 12.4. The Kier molecular flexibility index (Phi) is 4.65. The molecule has 0 saturated carbocycles. The lowest BCUT2D eigenvalue weighted by Gasteiger charge is -2.06. The first-order chi connectivity index (χ1) is 7.61.